The van der Waals surface area contributed by atoms with E-state index in [0.29, 0.717) is 6.54 Å². The molecule has 0 aliphatic carbocycles. The second kappa shape index (κ2) is 5.35. The zero-order chi connectivity index (χ0) is 13.0. The number of nitrogens with two attached hydrogens (primary N) is 1. The highest BCUT2D eigenvalue weighted by Gasteiger charge is 2.06. The third-order valence-electron chi connectivity index (χ3n) is 2.76. The minimum Gasteiger partial charge on any atom is -0.379 e. The zero-order valence-electron chi connectivity index (χ0n) is 10.2. The molecule has 94 valence electrons. The van der Waals surface area contributed by atoms with Gasteiger partial charge in [0, 0.05) is 11.4 Å². The van der Waals surface area contributed by atoms with E-state index in [1.54, 1.807) is 6.33 Å². The number of imidazole rings is 1. The SMILES string of the molecule is Cc1[nH]cnc1CNc1ccccc1CC(N)=O. The van der Waals surface area contributed by atoms with E-state index in [-0.39, 0.29) is 12.3 Å². The quantitative estimate of drug-likeness (QED) is 0.742. The molecule has 2 rings (SSSR count). The van der Waals surface area contributed by atoms with E-state index in [4.69, 9.17) is 5.73 Å². The van der Waals surface area contributed by atoms with Crippen molar-refractivity contribution in [2.75, 3.05) is 5.32 Å². The van der Waals surface area contributed by atoms with Gasteiger partial charge in [-0.15, -0.1) is 0 Å². The number of carbonyl (C=O) groups is 1. The summed E-state index contributed by atoms with van der Waals surface area (Å²) in [5, 5.41) is 3.27. The fourth-order valence-corrected chi connectivity index (χ4v) is 1.78. The van der Waals surface area contributed by atoms with Crippen molar-refractivity contribution in [3.05, 3.63) is 47.5 Å². The summed E-state index contributed by atoms with van der Waals surface area (Å²) in [7, 11) is 0. The maximum absolute atomic E-state index is 11.0. The third kappa shape index (κ3) is 2.88. The fourth-order valence-electron chi connectivity index (χ4n) is 1.78. The number of carbonyl (C=O) groups excluding carboxylic acids is 1. The van der Waals surface area contributed by atoms with Crippen LogP contribution in [0.15, 0.2) is 30.6 Å². The maximum Gasteiger partial charge on any atom is 0.221 e. The Morgan fingerprint density at radius 2 is 2.22 bits per heavy atom. The average molecular weight is 244 g/mol. The van der Waals surface area contributed by atoms with Gasteiger partial charge in [0.15, 0.2) is 0 Å². The minimum absolute atomic E-state index is 0.239. The van der Waals surface area contributed by atoms with Crippen LogP contribution in [0.3, 0.4) is 0 Å². The maximum atomic E-state index is 11.0. The van der Waals surface area contributed by atoms with Gasteiger partial charge in [-0.1, -0.05) is 18.2 Å². The standard InChI is InChI=1S/C13H16N4O/c1-9-12(17-8-16-9)7-15-11-5-3-2-4-10(11)6-13(14)18/h2-5,8,15H,6-7H2,1H3,(H2,14,18)(H,16,17). The van der Waals surface area contributed by atoms with Crippen LogP contribution in [-0.2, 0) is 17.8 Å². The molecule has 1 aromatic carbocycles. The van der Waals surface area contributed by atoms with Crippen LogP contribution in [0.2, 0.25) is 0 Å². The number of amides is 1. The number of nitrogens with zero attached hydrogens (tertiary/aromatic N) is 1. The summed E-state index contributed by atoms with van der Waals surface area (Å²) in [4.78, 5) is 18.2. The summed E-state index contributed by atoms with van der Waals surface area (Å²) in [6.45, 7) is 2.59. The molecule has 5 nitrogen and oxygen atoms in total. The van der Waals surface area contributed by atoms with Crippen LogP contribution in [0.1, 0.15) is 17.0 Å². The van der Waals surface area contributed by atoms with Gasteiger partial charge in [-0.3, -0.25) is 4.79 Å². The number of rotatable bonds is 5. The van der Waals surface area contributed by atoms with E-state index in [2.05, 4.69) is 15.3 Å². The van der Waals surface area contributed by atoms with Crippen LogP contribution in [0.5, 0.6) is 0 Å². The lowest BCUT2D eigenvalue weighted by Crippen LogP contribution is -2.15. The van der Waals surface area contributed by atoms with Crippen molar-refractivity contribution in [2.24, 2.45) is 5.73 Å². The predicted octanol–water partition coefficient (Wildman–Crippen LogP) is 1.36. The van der Waals surface area contributed by atoms with Crippen LogP contribution in [0.4, 0.5) is 5.69 Å². The molecule has 0 aliphatic rings. The summed E-state index contributed by atoms with van der Waals surface area (Å²) < 4.78 is 0. The molecular weight excluding hydrogens is 228 g/mol. The molecule has 0 atom stereocenters. The first-order chi connectivity index (χ1) is 8.66. The number of para-hydroxylation sites is 1. The average Bonchev–Trinajstić information content (AvgIpc) is 2.73. The number of H-pyrrole nitrogens is 1. The molecule has 1 aromatic heterocycles. The zero-order valence-corrected chi connectivity index (χ0v) is 10.2. The Labute approximate surface area is 105 Å². The van der Waals surface area contributed by atoms with Gasteiger partial charge in [-0.05, 0) is 18.6 Å². The summed E-state index contributed by atoms with van der Waals surface area (Å²) in [5.41, 5.74) is 9.04. The number of primary amides is 1. The van der Waals surface area contributed by atoms with Crippen molar-refractivity contribution in [2.45, 2.75) is 19.9 Å². The molecule has 0 unspecified atom stereocenters. The van der Waals surface area contributed by atoms with E-state index >= 15 is 0 Å². The normalized spacial score (nSPS) is 10.3. The summed E-state index contributed by atoms with van der Waals surface area (Å²) in [6, 6.07) is 7.64. The van der Waals surface area contributed by atoms with E-state index in [1.807, 2.05) is 31.2 Å². The molecule has 0 saturated carbocycles. The van der Waals surface area contributed by atoms with Gasteiger partial charge in [0.2, 0.25) is 5.91 Å². The van der Waals surface area contributed by atoms with Gasteiger partial charge in [-0.25, -0.2) is 4.98 Å². The summed E-state index contributed by atoms with van der Waals surface area (Å²) >= 11 is 0. The number of hydrogen-bond donors (Lipinski definition) is 3. The topological polar surface area (TPSA) is 83.8 Å². The van der Waals surface area contributed by atoms with Gasteiger partial charge in [-0.2, -0.15) is 0 Å². The predicted molar refractivity (Wildman–Crippen MR) is 70.0 cm³/mol. The number of aromatic amines is 1. The lowest BCUT2D eigenvalue weighted by atomic mass is 10.1. The molecule has 4 N–H and O–H groups in total. The van der Waals surface area contributed by atoms with Crippen molar-refractivity contribution in [1.82, 2.24) is 9.97 Å². The van der Waals surface area contributed by atoms with Crippen molar-refractivity contribution < 1.29 is 4.79 Å². The number of aromatic nitrogens is 2. The van der Waals surface area contributed by atoms with Crippen LogP contribution < -0.4 is 11.1 Å². The Balaban J connectivity index is 2.09. The molecule has 18 heavy (non-hydrogen) atoms. The van der Waals surface area contributed by atoms with Gasteiger partial charge in [0.05, 0.1) is 25.0 Å². The molecule has 1 heterocycles. The molecule has 0 saturated heterocycles. The summed E-state index contributed by atoms with van der Waals surface area (Å²) in [6.07, 6.45) is 1.91. The molecule has 2 aromatic rings. The van der Waals surface area contributed by atoms with E-state index in [1.165, 1.54) is 0 Å². The second-order valence-electron chi connectivity index (χ2n) is 4.13. The number of nitrogens with one attached hydrogen (secondary N) is 2. The van der Waals surface area contributed by atoms with E-state index in [9.17, 15) is 4.79 Å². The highest BCUT2D eigenvalue weighted by Crippen LogP contribution is 2.16. The molecule has 0 bridgehead atoms. The Bertz CT molecular complexity index is 547. The van der Waals surface area contributed by atoms with Gasteiger partial charge in [0.1, 0.15) is 0 Å². The van der Waals surface area contributed by atoms with Crippen molar-refractivity contribution in [1.29, 1.82) is 0 Å². The molecule has 0 radical (unpaired) electrons. The fraction of sp³-hybridized carbons (Fsp3) is 0.231. The molecular formula is C13H16N4O. The minimum atomic E-state index is -0.333. The number of aryl methyl sites for hydroxylation is 1. The lowest BCUT2D eigenvalue weighted by Gasteiger charge is -2.10. The smallest absolute Gasteiger partial charge is 0.221 e. The first-order valence-electron chi connectivity index (χ1n) is 5.75. The Morgan fingerprint density at radius 3 is 2.89 bits per heavy atom. The monoisotopic (exact) mass is 244 g/mol. The van der Waals surface area contributed by atoms with Crippen LogP contribution in [0, 0.1) is 6.92 Å². The molecule has 0 aliphatic heterocycles. The Hall–Kier alpha value is -2.30. The Kier molecular flexibility index (Phi) is 3.62. The highest BCUT2D eigenvalue weighted by atomic mass is 16.1. The van der Waals surface area contributed by atoms with Crippen molar-refractivity contribution >= 4 is 11.6 Å². The first-order valence-corrected chi connectivity index (χ1v) is 5.75. The molecule has 1 amide bonds. The summed E-state index contributed by atoms with van der Waals surface area (Å²) in [5.74, 6) is -0.333. The molecule has 5 heteroatoms. The first kappa shape index (κ1) is 12.2. The molecule has 0 spiro atoms. The number of benzene rings is 1. The van der Waals surface area contributed by atoms with E-state index in [0.717, 1.165) is 22.6 Å². The van der Waals surface area contributed by atoms with Gasteiger partial charge >= 0.3 is 0 Å². The van der Waals surface area contributed by atoms with Crippen LogP contribution in [0.25, 0.3) is 0 Å². The number of hydrogen-bond acceptors (Lipinski definition) is 3. The van der Waals surface area contributed by atoms with Crippen molar-refractivity contribution in [3.63, 3.8) is 0 Å². The highest BCUT2D eigenvalue weighted by molar-refractivity contribution is 5.78. The lowest BCUT2D eigenvalue weighted by molar-refractivity contribution is -0.117. The van der Waals surface area contributed by atoms with Crippen LogP contribution in [-0.4, -0.2) is 15.9 Å². The van der Waals surface area contributed by atoms with Gasteiger partial charge in [0.25, 0.3) is 0 Å². The van der Waals surface area contributed by atoms with Crippen LogP contribution >= 0.6 is 0 Å². The Morgan fingerprint density at radius 1 is 1.44 bits per heavy atom. The molecule has 0 fully saturated rings. The second-order valence-corrected chi connectivity index (χ2v) is 4.13. The van der Waals surface area contributed by atoms with Crippen molar-refractivity contribution in [3.8, 4) is 0 Å². The largest absolute Gasteiger partial charge is 0.379 e. The number of anilines is 1. The van der Waals surface area contributed by atoms with Gasteiger partial charge < -0.3 is 16.0 Å². The van der Waals surface area contributed by atoms with E-state index < -0.39 is 0 Å². The third-order valence-corrected chi connectivity index (χ3v) is 2.76.